The molecule has 3 N–H and O–H groups in total. The number of rotatable bonds is 6. The molecular weight excluding hydrogens is 355 g/mol. The number of hydrogen-bond donors (Lipinski definition) is 3. The average Bonchev–Trinajstić information content (AvgIpc) is 2.49. The molecule has 0 saturated heterocycles. The zero-order valence-electron chi connectivity index (χ0n) is 12.9. The summed E-state index contributed by atoms with van der Waals surface area (Å²) in [5.41, 5.74) is -4.71. The third-order valence-corrected chi connectivity index (χ3v) is 3.36. The van der Waals surface area contributed by atoms with E-state index in [9.17, 15) is 36.6 Å². The van der Waals surface area contributed by atoms with Crippen molar-refractivity contribution in [3.05, 3.63) is 35.4 Å². The SMILES string of the molecule is CCN(CC(O)(CNC(=O)O)C(F)(F)F)C(=O)c1c(F)cccc1F. The van der Waals surface area contributed by atoms with Gasteiger partial charge < -0.3 is 20.4 Å². The molecule has 0 aliphatic heterocycles. The molecule has 0 heterocycles. The van der Waals surface area contributed by atoms with Crippen LogP contribution >= 0.6 is 0 Å². The highest BCUT2D eigenvalue weighted by molar-refractivity contribution is 5.94. The number of alkyl halides is 3. The number of likely N-dealkylation sites (N-methyl/N-ethyl adjacent to an activating group) is 1. The Bertz CT molecular complexity index is 632. The lowest BCUT2D eigenvalue weighted by Gasteiger charge is -2.35. The van der Waals surface area contributed by atoms with Crippen LogP contribution in [0.1, 0.15) is 17.3 Å². The van der Waals surface area contributed by atoms with E-state index in [1.165, 1.54) is 12.2 Å². The van der Waals surface area contributed by atoms with Gasteiger partial charge >= 0.3 is 12.3 Å². The van der Waals surface area contributed by atoms with Gasteiger partial charge in [0.05, 0.1) is 13.1 Å². The zero-order chi connectivity index (χ0) is 19.4. The fourth-order valence-electron chi connectivity index (χ4n) is 1.97. The van der Waals surface area contributed by atoms with Crippen LogP contribution in [0.3, 0.4) is 0 Å². The Morgan fingerprint density at radius 1 is 1.20 bits per heavy atom. The van der Waals surface area contributed by atoms with Gasteiger partial charge in [-0.25, -0.2) is 13.6 Å². The van der Waals surface area contributed by atoms with Crippen molar-refractivity contribution in [2.75, 3.05) is 19.6 Å². The summed E-state index contributed by atoms with van der Waals surface area (Å²) in [6.07, 6.45) is -7.13. The molecule has 0 aliphatic rings. The van der Waals surface area contributed by atoms with E-state index in [2.05, 4.69) is 0 Å². The van der Waals surface area contributed by atoms with E-state index in [1.54, 1.807) is 0 Å². The second-order valence-corrected chi connectivity index (χ2v) is 5.10. The number of carboxylic acid groups (broad SMARTS) is 1. The predicted octanol–water partition coefficient (Wildman–Crippen LogP) is 1.99. The van der Waals surface area contributed by atoms with Crippen molar-refractivity contribution >= 4 is 12.0 Å². The fraction of sp³-hybridized carbons (Fsp3) is 0.429. The standard InChI is InChI=1S/C14H15F5N2O4/c1-2-21(11(22)10-8(15)4-3-5-9(10)16)7-13(25,14(17,18)19)6-20-12(23)24/h3-5,20,25H,2,6-7H2,1H3,(H,23,24). The third kappa shape index (κ3) is 4.78. The van der Waals surface area contributed by atoms with Gasteiger partial charge in [-0.1, -0.05) is 6.07 Å². The number of carbonyl (C=O) groups is 2. The van der Waals surface area contributed by atoms with E-state index in [-0.39, 0.29) is 0 Å². The maximum Gasteiger partial charge on any atom is 0.420 e. The molecule has 25 heavy (non-hydrogen) atoms. The Balaban J connectivity index is 3.16. The van der Waals surface area contributed by atoms with Gasteiger partial charge in [-0.05, 0) is 19.1 Å². The average molecular weight is 370 g/mol. The molecule has 0 bridgehead atoms. The van der Waals surface area contributed by atoms with Crippen molar-refractivity contribution < 1.29 is 41.8 Å². The topological polar surface area (TPSA) is 89.9 Å². The van der Waals surface area contributed by atoms with E-state index in [4.69, 9.17) is 5.11 Å². The Kier molecular flexibility index (Phi) is 6.30. The molecule has 0 spiro atoms. The van der Waals surface area contributed by atoms with Crippen LogP contribution in [0.4, 0.5) is 26.7 Å². The first kappa shape index (κ1) is 20.6. The summed E-state index contributed by atoms with van der Waals surface area (Å²) < 4.78 is 66.6. The van der Waals surface area contributed by atoms with Crippen molar-refractivity contribution in [1.29, 1.82) is 0 Å². The van der Waals surface area contributed by atoms with Gasteiger partial charge in [0.15, 0.2) is 5.60 Å². The Morgan fingerprint density at radius 2 is 1.72 bits per heavy atom. The van der Waals surface area contributed by atoms with Crippen molar-refractivity contribution in [1.82, 2.24) is 10.2 Å². The van der Waals surface area contributed by atoms with Crippen LogP contribution in [0.5, 0.6) is 0 Å². The van der Waals surface area contributed by atoms with Crippen LogP contribution in [0, 0.1) is 11.6 Å². The maximum absolute atomic E-state index is 13.7. The first-order valence-electron chi connectivity index (χ1n) is 6.92. The summed E-state index contributed by atoms with van der Waals surface area (Å²) in [6.45, 7) is -2.06. The molecule has 1 unspecified atom stereocenters. The van der Waals surface area contributed by atoms with Gasteiger partial charge in [-0.3, -0.25) is 4.79 Å². The smallest absolute Gasteiger partial charge is 0.420 e. The lowest BCUT2D eigenvalue weighted by Crippen LogP contribution is -2.60. The van der Waals surface area contributed by atoms with Crippen LogP contribution in [-0.4, -0.2) is 58.5 Å². The van der Waals surface area contributed by atoms with Gasteiger partial charge in [-0.15, -0.1) is 0 Å². The van der Waals surface area contributed by atoms with E-state index in [0.29, 0.717) is 4.90 Å². The second kappa shape index (κ2) is 7.64. The second-order valence-electron chi connectivity index (χ2n) is 5.10. The molecule has 6 nitrogen and oxygen atoms in total. The lowest BCUT2D eigenvalue weighted by molar-refractivity contribution is -0.260. The summed E-state index contributed by atoms with van der Waals surface area (Å²) in [4.78, 5) is 23.0. The van der Waals surface area contributed by atoms with E-state index >= 15 is 0 Å². The predicted molar refractivity (Wildman–Crippen MR) is 75.0 cm³/mol. The number of nitrogens with one attached hydrogen (secondary N) is 1. The first-order chi connectivity index (χ1) is 11.4. The quantitative estimate of drug-likeness (QED) is 0.668. The molecule has 1 aromatic rings. The molecule has 1 aromatic carbocycles. The van der Waals surface area contributed by atoms with Gasteiger partial charge in [0.1, 0.15) is 17.2 Å². The third-order valence-electron chi connectivity index (χ3n) is 3.36. The maximum atomic E-state index is 13.7. The van der Waals surface area contributed by atoms with Gasteiger partial charge in [0.2, 0.25) is 0 Å². The molecule has 0 aliphatic carbocycles. The highest BCUT2D eigenvalue weighted by atomic mass is 19.4. The van der Waals surface area contributed by atoms with Crippen LogP contribution < -0.4 is 5.32 Å². The summed E-state index contributed by atoms with van der Waals surface area (Å²) in [5, 5.41) is 19.6. The Labute approximate surface area is 138 Å². The summed E-state index contributed by atoms with van der Waals surface area (Å²) in [7, 11) is 0. The Hall–Kier alpha value is -2.43. The molecule has 0 radical (unpaired) electrons. The number of benzene rings is 1. The van der Waals surface area contributed by atoms with E-state index in [0.717, 1.165) is 18.2 Å². The van der Waals surface area contributed by atoms with Crippen LogP contribution in [0.2, 0.25) is 0 Å². The van der Waals surface area contributed by atoms with Crippen molar-refractivity contribution in [2.45, 2.75) is 18.7 Å². The van der Waals surface area contributed by atoms with Crippen molar-refractivity contribution in [3.8, 4) is 0 Å². The first-order valence-corrected chi connectivity index (χ1v) is 6.92. The molecule has 0 aromatic heterocycles. The van der Waals surface area contributed by atoms with Crippen LogP contribution in [-0.2, 0) is 0 Å². The number of hydrogen-bond acceptors (Lipinski definition) is 3. The highest BCUT2D eigenvalue weighted by Gasteiger charge is 2.55. The number of amides is 2. The van der Waals surface area contributed by atoms with Crippen LogP contribution in [0.25, 0.3) is 0 Å². The highest BCUT2D eigenvalue weighted by Crippen LogP contribution is 2.31. The molecule has 1 rings (SSSR count). The monoisotopic (exact) mass is 370 g/mol. The molecule has 2 amide bonds. The summed E-state index contributed by atoms with van der Waals surface area (Å²) in [6, 6.07) is 2.48. The number of nitrogens with zero attached hydrogens (tertiary/aromatic N) is 1. The molecule has 0 saturated carbocycles. The molecule has 140 valence electrons. The largest absolute Gasteiger partial charge is 0.465 e. The minimum atomic E-state index is -5.31. The number of carbonyl (C=O) groups excluding carboxylic acids is 1. The fourth-order valence-corrected chi connectivity index (χ4v) is 1.97. The number of halogens is 5. The molecular formula is C14H15F5N2O4. The van der Waals surface area contributed by atoms with Crippen molar-refractivity contribution in [2.24, 2.45) is 0 Å². The molecule has 0 fully saturated rings. The summed E-state index contributed by atoms with van der Waals surface area (Å²) >= 11 is 0. The molecule has 11 heteroatoms. The number of aliphatic hydroxyl groups is 1. The minimum Gasteiger partial charge on any atom is -0.465 e. The van der Waals surface area contributed by atoms with E-state index < -0.39 is 60.6 Å². The van der Waals surface area contributed by atoms with Gasteiger partial charge in [0, 0.05) is 6.54 Å². The Morgan fingerprint density at radius 3 is 2.12 bits per heavy atom. The molecule has 1 atom stereocenters. The van der Waals surface area contributed by atoms with Gasteiger partial charge in [0.25, 0.3) is 5.91 Å². The van der Waals surface area contributed by atoms with Gasteiger partial charge in [-0.2, -0.15) is 13.2 Å². The zero-order valence-corrected chi connectivity index (χ0v) is 12.9. The minimum absolute atomic E-state index is 0.374. The van der Waals surface area contributed by atoms with Crippen molar-refractivity contribution in [3.63, 3.8) is 0 Å². The normalized spacial score (nSPS) is 13.9. The van der Waals surface area contributed by atoms with E-state index in [1.807, 2.05) is 0 Å². The summed E-state index contributed by atoms with van der Waals surface area (Å²) in [5.74, 6) is -3.96. The lowest BCUT2D eigenvalue weighted by atomic mass is 10.0. The van der Waals surface area contributed by atoms with Crippen LogP contribution in [0.15, 0.2) is 18.2 Å².